The van der Waals surface area contributed by atoms with Crippen molar-refractivity contribution < 1.29 is 4.79 Å². The Bertz CT molecular complexity index is 269. The van der Waals surface area contributed by atoms with Crippen LogP contribution >= 0.6 is 0 Å². The molecule has 15 heavy (non-hydrogen) atoms. The Morgan fingerprint density at radius 2 is 2.47 bits per heavy atom. The summed E-state index contributed by atoms with van der Waals surface area (Å²) in [4.78, 5) is 11.7. The summed E-state index contributed by atoms with van der Waals surface area (Å²) in [6, 6.07) is 0. The van der Waals surface area contributed by atoms with E-state index in [2.05, 4.69) is 16.7 Å². The van der Waals surface area contributed by atoms with Gasteiger partial charge in [0.15, 0.2) is 0 Å². The molecule has 1 heterocycles. The maximum Gasteiger partial charge on any atom is 0.223 e. The van der Waals surface area contributed by atoms with Crippen LogP contribution in [-0.4, -0.2) is 25.5 Å². The molecule has 3 nitrogen and oxygen atoms in total. The summed E-state index contributed by atoms with van der Waals surface area (Å²) in [5, 5.41) is 6.30. The highest BCUT2D eigenvalue weighted by molar-refractivity contribution is 5.79. The Kier molecular flexibility index (Phi) is 3.41. The van der Waals surface area contributed by atoms with Gasteiger partial charge in [0.2, 0.25) is 5.91 Å². The normalized spacial score (nSPS) is 23.1. The Morgan fingerprint density at radius 3 is 3.07 bits per heavy atom. The predicted octanol–water partition coefficient (Wildman–Crippen LogP) is 1.07. The molecule has 1 fully saturated rings. The molecule has 0 aromatic rings. The van der Waals surface area contributed by atoms with E-state index in [1.807, 2.05) is 6.92 Å². The summed E-state index contributed by atoms with van der Waals surface area (Å²) < 4.78 is 0. The summed E-state index contributed by atoms with van der Waals surface area (Å²) in [5.41, 5.74) is 1.37. The van der Waals surface area contributed by atoms with Crippen LogP contribution in [0, 0.1) is 11.8 Å². The Labute approximate surface area is 91.3 Å². The first-order valence-electron chi connectivity index (χ1n) is 5.93. The average molecular weight is 208 g/mol. The quantitative estimate of drug-likeness (QED) is 0.678. The molecule has 1 aliphatic heterocycles. The number of hydrogen-bond acceptors (Lipinski definition) is 2. The van der Waals surface area contributed by atoms with Gasteiger partial charge in [-0.15, -0.1) is 0 Å². The lowest BCUT2D eigenvalue weighted by molar-refractivity contribution is -0.124. The minimum atomic E-state index is 0.215. The van der Waals surface area contributed by atoms with Crippen LogP contribution in [0.5, 0.6) is 0 Å². The number of rotatable bonds is 4. The fraction of sp³-hybridized carbons (Fsp3) is 0.750. The highest BCUT2D eigenvalue weighted by Crippen LogP contribution is 2.36. The maximum atomic E-state index is 11.7. The molecule has 2 N–H and O–H groups in total. The van der Waals surface area contributed by atoms with E-state index in [0.717, 1.165) is 26.1 Å². The van der Waals surface area contributed by atoms with Crippen LogP contribution in [0.2, 0.25) is 0 Å². The van der Waals surface area contributed by atoms with Crippen molar-refractivity contribution in [2.24, 2.45) is 11.8 Å². The van der Waals surface area contributed by atoms with Gasteiger partial charge in [-0.3, -0.25) is 4.79 Å². The number of hydrogen-bond donors (Lipinski definition) is 2. The van der Waals surface area contributed by atoms with Gasteiger partial charge in [0.05, 0.1) is 0 Å². The van der Waals surface area contributed by atoms with E-state index in [4.69, 9.17) is 0 Å². The van der Waals surface area contributed by atoms with Gasteiger partial charge >= 0.3 is 0 Å². The molecule has 1 saturated carbocycles. The zero-order chi connectivity index (χ0) is 10.7. The van der Waals surface area contributed by atoms with Crippen molar-refractivity contribution in [1.29, 1.82) is 0 Å². The summed E-state index contributed by atoms with van der Waals surface area (Å²) in [5.74, 6) is 1.11. The highest BCUT2D eigenvalue weighted by atomic mass is 16.1. The van der Waals surface area contributed by atoms with E-state index < -0.39 is 0 Å². The topological polar surface area (TPSA) is 41.1 Å². The highest BCUT2D eigenvalue weighted by Gasteiger charge is 2.32. The fourth-order valence-corrected chi connectivity index (χ4v) is 2.00. The van der Waals surface area contributed by atoms with Gasteiger partial charge in [0.25, 0.3) is 0 Å². The van der Waals surface area contributed by atoms with E-state index >= 15 is 0 Å². The molecule has 2 rings (SSSR count). The largest absolute Gasteiger partial charge is 0.352 e. The molecule has 0 saturated heterocycles. The third-order valence-corrected chi connectivity index (χ3v) is 3.39. The molecule has 1 unspecified atom stereocenters. The van der Waals surface area contributed by atoms with Crippen LogP contribution in [0.3, 0.4) is 0 Å². The number of carbonyl (C=O) groups is 1. The summed E-state index contributed by atoms with van der Waals surface area (Å²) in [6.07, 6.45) is 5.73. The van der Waals surface area contributed by atoms with Gasteiger partial charge in [0.1, 0.15) is 0 Å². The van der Waals surface area contributed by atoms with Gasteiger partial charge in [0, 0.05) is 19.0 Å². The lowest BCUT2D eigenvalue weighted by Gasteiger charge is -2.16. The SMILES string of the molecule is CC(C(=O)NCC1=CCNCC1)C1CC1. The first-order chi connectivity index (χ1) is 7.27. The molecule has 1 amide bonds. The first kappa shape index (κ1) is 10.7. The van der Waals surface area contributed by atoms with E-state index in [-0.39, 0.29) is 11.8 Å². The molecule has 0 aromatic carbocycles. The molecule has 0 spiro atoms. The van der Waals surface area contributed by atoms with Crippen molar-refractivity contribution in [3.8, 4) is 0 Å². The minimum absolute atomic E-state index is 0.215. The zero-order valence-corrected chi connectivity index (χ0v) is 9.38. The second-order valence-corrected chi connectivity index (χ2v) is 4.66. The van der Waals surface area contributed by atoms with Crippen LogP contribution in [-0.2, 0) is 4.79 Å². The molecule has 2 aliphatic rings. The van der Waals surface area contributed by atoms with Crippen molar-refractivity contribution in [2.45, 2.75) is 26.2 Å². The molecule has 0 bridgehead atoms. The van der Waals surface area contributed by atoms with Crippen molar-refractivity contribution in [3.63, 3.8) is 0 Å². The van der Waals surface area contributed by atoms with Crippen LogP contribution in [0.1, 0.15) is 26.2 Å². The van der Waals surface area contributed by atoms with Gasteiger partial charge in [-0.05, 0) is 31.7 Å². The second kappa shape index (κ2) is 4.79. The molecular weight excluding hydrogens is 188 g/mol. The van der Waals surface area contributed by atoms with Gasteiger partial charge in [-0.2, -0.15) is 0 Å². The van der Waals surface area contributed by atoms with E-state index in [0.29, 0.717) is 5.92 Å². The Hall–Kier alpha value is -0.830. The lowest BCUT2D eigenvalue weighted by Crippen LogP contribution is -2.33. The molecule has 1 atom stereocenters. The van der Waals surface area contributed by atoms with E-state index in [9.17, 15) is 4.79 Å². The standard InChI is InChI=1S/C12H20N2O/c1-9(11-2-3-11)12(15)14-8-10-4-6-13-7-5-10/h4,9,11,13H,2-3,5-8H2,1H3,(H,14,15). The van der Waals surface area contributed by atoms with Gasteiger partial charge in [-0.25, -0.2) is 0 Å². The Balaban J connectivity index is 1.72. The second-order valence-electron chi connectivity index (χ2n) is 4.66. The molecule has 0 aromatic heterocycles. The van der Waals surface area contributed by atoms with Crippen LogP contribution in [0.25, 0.3) is 0 Å². The first-order valence-corrected chi connectivity index (χ1v) is 5.93. The lowest BCUT2D eigenvalue weighted by atomic mass is 10.1. The summed E-state index contributed by atoms with van der Waals surface area (Å²) in [7, 11) is 0. The number of carbonyl (C=O) groups excluding carboxylic acids is 1. The molecular formula is C12H20N2O. The Morgan fingerprint density at radius 1 is 1.67 bits per heavy atom. The molecule has 84 valence electrons. The van der Waals surface area contributed by atoms with Crippen LogP contribution in [0.4, 0.5) is 0 Å². The van der Waals surface area contributed by atoms with Crippen molar-refractivity contribution in [1.82, 2.24) is 10.6 Å². The smallest absolute Gasteiger partial charge is 0.223 e. The van der Waals surface area contributed by atoms with Crippen molar-refractivity contribution >= 4 is 5.91 Å². The van der Waals surface area contributed by atoms with Crippen molar-refractivity contribution in [2.75, 3.05) is 19.6 Å². The maximum absolute atomic E-state index is 11.7. The number of amides is 1. The minimum Gasteiger partial charge on any atom is -0.352 e. The van der Waals surface area contributed by atoms with Crippen molar-refractivity contribution in [3.05, 3.63) is 11.6 Å². The molecule has 0 radical (unpaired) electrons. The zero-order valence-electron chi connectivity index (χ0n) is 9.38. The number of nitrogens with one attached hydrogen (secondary N) is 2. The summed E-state index contributed by atoms with van der Waals surface area (Å²) >= 11 is 0. The van der Waals surface area contributed by atoms with Crippen LogP contribution in [0.15, 0.2) is 11.6 Å². The van der Waals surface area contributed by atoms with Crippen LogP contribution < -0.4 is 10.6 Å². The van der Waals surface area contributed by atoms with Gasteiger partial charge < -0.3 is 10.6 Å². The molecule has 1 aliphatic carbocycles. The van der Waals surface area contributed by atoms with E-state index in [1.165, 1.54) is 18.4 Å². The average Bonchev–Trinajstić information content (AvgIpc) is 3.10. The summed E-state index contributed by atoms with van der Waals surface area (Å²) in [6.45, 7) is 4.78. The third-order valence-electron chi connectivity index (χ3n) is 3.39. The predicted molar refractivity (Wildman–Crippen MR) is 60.5 cm³/mol. The van der Waals surface area contributed by atoms with E-state index in [1.54, 1.807) is 0 Å². The third kappa shape index (κ3) is 3.06. The monoisotopic (exact) mass is 208 g/mol. The molecule has 3 heteroatoms. The fourth-order valence-electron chi connectivity index (χ4n) is 2.00. The van der Waals surface area contributed by atoms with Gasteiger partial charge in [-0.1, -0.05) is 18.6 Å².